The van der Waals surface area contributed by atoms with E-state index < -0.39 is 0 Å². The van der Waals surface area contributed by atoms with E-state index in [0.29, 0.717) is 6.54 Å². The lowest BCUT2D eigenvalue weighted by atomic mass is 10.2. The summed E-state index contributed by atoms with van der Waals surface area (Å²) >= 11 is 0. The smallest absolute Gasteiger partial charge is 0.111 e. The Kier molecular flexibility index (Phi) is 1.18. The summed E-state index contributed by atoms with van der Waals surface area (Å²) in [6.45, 7) is 0.479. The molecule has 1 aliphatic heterocycles. The molecule has 3 nitrogen and oxygen atoms in total. The molecule has 0 atom stereocenters. The molecule has 2 rings (SSSR count). The standard InChI is InChI=1S/C8H9N2O/c1-9-8-5-3-2-4-7(8)6-10(9)11/h2-5H,6H2,1H3/q+1. The molecule has 0 fully saturated rings. The average Bonchev–Trinajstić information content (AvgIpc) is 2.30. The van der Waals surface area contributed by atoms with Gasteiger partial charge in [-0.15, -0.1) is 5.01 Å². The van der Waals surface area contributed by atoms with E-state index in [1.165, 1.54) is 0 Å². The van der Waals surface area contributed by atoms with Gasteiger partial charge in [0.25, 0.3) is 6.54 Å². The van der Waals surface area contributed by atoms with Crippen LogP contribution in [0.4, 0.5) is 5.69 Å². The van der Waals surface area contributed by atoms with Crippen LogP contribution < -0.4 is 5.01 Å². The second kappa shape index (κ2) is 2.05. The van der Waals surface area contributed by atoms with Crippen LogP contribution in [0, 0.1) is 4.91 Å². The zero-order valence-electron chi connectivity index (χ0n) is 6.32. The molecule has 0 saturated carbocycles. The molecule has 0 aliphatic carbocycles. The summed E-state index contributed by atoms with van der Waals surface area (Å²) in [4.78, 5) is 12.0. The minimum absolute atomic E-state index is 0.479. The van der Waals surface area contributed by atoms with Gasteiger partial charge in [0.1, 0.15) is 10.6 Å². The number of hydrogen-bond acceptors (Lipinski definition) is 1. The Morgan fingerprint density at radius 1 is 1.45 bits per heavy atom. The van der Waals surface area contributed by atoms with Crippen molar-refractivity contribution in [3.63, 3.8) is 0 Å². The van der Waals surface area contributed by atoms with Gasteiger partial charge in [-0.1, -0.05) is 18.2 Å². The maximum Gasteiger partial charge on any atom is 0.253 e. The van der Waals surface area contributed by atoms with Crippen molar-refractivity contribution < 1.29 is 4.87 Å². The van der Waals surface area contributed by atoms with Gasteiger partial charge in [-0.3, -0.25) is 0 Å². The fourth-order valence-electron chi connectivity index (χ4n) is 1.33. The van der Waals surface area contributed by atoms with Gasteiger partial charge >= 0.3 is 0 Å². The SMILES string of the molecule is CN1c2ccccc2C[N+]1=O. The van der Waals surface area contributed by atoms with E-state index in [0.717, 1.165) is 16.1 Å². The first-order valence-electron chi connectivity index (χ1n) is 3.55. The van der Waals surface area contributed by atoms with Crippen molar-refractivity contribution in [1.29, 1.82) is 0 Å². The number of rotatable bonds is 0. The van der Waals surface area contributed by atoms with Crippen LogP contribution in [0.15, 0.2) is 24.3 Å². The third-order valence-electron chi connectivity index (χ3n) is 1.98. The maximum atomic E-state index is 11.1. The van der Waals surface area contributed by atoms with E-state index in [2.05, 4.69) is 0 Å². The second-order valence-corrected chi connectivity index (χ2v) is 2.66. The molecule has 0 saturated heterocycles. The van der Waals surface area contributed by atoms with Gasteiger partial charge in [-0.05, 0) is 6.07 Å². The van der Waals surface area contributed by atoms with Crippen molar-refractivity contribution in [3.8, 4) is 0 Å². The predicted octanol–water partition coefficient (Wildman–Crippen LogP) is 1.33. The van der Waals surface area contributed by atoms with E-state index in [1.807, 2.05) is 24.3 Å². The van der Waals surface area contributed by atoms with Crippen LogP contribution in [0.25, 0.3) is 0 Å². The number of nitroso groups, excluding NO2 is 1. The third kappa shape index (κ3) is 0.808. The molecule has 1 heterocycles. The molecule has 0 bridgehead atoms. The Morgan fingerprint density at radius 2 is 2.18 bits per heavy atom. The first-order chi connectivity index (χ1) is 5.29. The van der Waals surface area contributed by atoms with Gasteiger partial charge in [-0.25, -0.2) is 0 Å². The monoisotopic (exact) mass is 149 g/mol. The lowest BCUT2D eigenvalue weighted by molar-refractivity contribution is -0.564. The quantitative estimate of drug-likeness (QED) is 0.519. The van der Waals surface area contributed by atoms with Crippen LogP contribution in [0.3, 0.4) is 0 Å². The van der Waals surface area contributed by atoms with E-state index in [1.54, 1.807) is 12.1 Å². The maximum absolute atomic E-state index is 11.1. The van der Waals surface area contributed by atoms with Crippen molar-refractivity contribution in [3.05, 3.63) is 34.7 Å². The third-order valence-corrected chi connectivity index (χ3v) is 1.98. The number of para-hydroxylation sites is 1. The number of nitrogens with zero attached hydrogens (tertiary/aromatic N) is 2. The molecule has 0 unspecified atom stereocenters. The Hall–Kier alpha value is -1.38. The Morgan fingerprint density at radius 3 is 2.91 bits per heavy atom. The Balaban J connectivity index is 2.55. The van der Waals surface area contributed by atoms with Crippen molar-refractivity contribution in [2.24, 2.45) is 0 Å². The molecule has 3 heteroatoms. The highest BCUT2D eigenvalue weighted by Crippen LogP contribution is 2.25. The molecule has 11 heavy (non-hydrogen) atoms. The van der Waals surface area contributed by atoms with Crippen molar-refractivity contribution >= 4 is 5.69 Å². The van der Waals surface area contributed by atoms with E-state index in [-0.39, 0.29) is 0 Å². The Labute approximate surface area is 64.8 Å². The van der Waals surface area contributed by atoms with E-state index in [4.69, 9.17) is 0 Å². The molecule has 0 aromatic heterocycles. The summed E-state index contributed by atoms with van der Waals surface area (Å²) in [5.41, 5.74) is 2.12. The van der Waals surface area contributed by atoms with E-state index >= 15 is 0 Å². The first kappa shape index (κ1) is 6.34. The van der Waals surface area contributed by atoms with Crippen LogP contribution in [-0.4, -0.2) is 11.9 Å². The number of hydrogen-bond donors (Lipinski definition) is 0. The molecule has 0 radical (unpaired) electrons. The van der Waals surface area contributed by atoms with Crippen LogP contribution in [-0.2, 0) is 6.54 Å². The van der Waals surface area contributed by atoms with Gasteiger partial charge in [-0.2, -0.15) is 0 Å². The molecule has 1 aromatic rings. The summed E-state index contributed by atoms with van der Waals surface area (Å²) in [5, 5.41) is 1.62. The van der Waals surface area contributed by atoms with Crippen LogP contribution >= 0.6 is 0 Å². The number of hydrazine groups is 1. The minimum atomic E-state index is 0.479. The largest absolute Gasteiger partial charge is 0.253 e. The average molecular weight is 149 g/mol. The van der Waals surface area contributed by atoms with Gasteiger partial charge in [0.15, 0.2) is 0 Å². The topological polar surface area (TPSA) is 23.3 Å². The lowest BCUT2D eigenvalue weighted by Gasteiger charge is -1.98. The predicted molar refractivity (Wildman–Crippen MR) is 42.2 cm³/mol. The molecular weight excluding hydrogens is 140 g/mol. The van der Waals surface area contributed by atoms with Crippen LogP contribution in [0.5, 0.6) is 0 Å². The zero-order chi connectivity index (χ0) is 7.84. The van der Waals surface area contributed by atoms with E-state index in [9.17, 15) is 4.91 Å². The normalized spacial score (nSPS) is 15.4. The number of fused-ring (bicyclic) bond motifs is 1. The van der Waals surface area contributed by atoms with Gasteiger partial charge in [0.2, 0.25) is 0 Å². The highest BCUT2D eigenvalue weighted by molar-refractivity contribution is 5.52. The highest BCUT2D eigenvalue weighted by Gasteiger charge is 2.30. The zero-order valence-corrected chi connectivity index (χ0v) is 6.32. The summed E-state index contributed by atoms with van der Waals surface area (Å²) in [5.74, 6) is 0. The van der Waals surface area contributed by atoms with Crippen molar-refractivity contribution in [1.82, 2.24) is 0 Å². The van der Waals surface area contributed by atoms with Gasteiger partial charge in [0, 0.05) is 0 Å². The minimum Gasteiger partial charge on any atom is -0.111 e. The summed E-state index contributed by atoms with van der Waals surface area (Å²) in [6.07, 6.45) is 0. The summed E-state index contributed by atoms with van der Waals surface area (Å²) in [7, 11) is 1.78. The molecule has 0 spiro atoms. The first-order valence-corrected chi connectivity index (χ1v) is 3.55. The molecule has 1 aliphatic rings. The highest BCUT2D eigenvalue weighted by atomic mass is 16.3. The molecule has 1 aromatic carbocycles. The van der Waals surface area contributed by atoms with Crippen LogP contribution in [0.2, 0.25) is 0 Å². The van der Waals surface area contributed by atoms with Gasteiger partial charge < -0.3 is 0 Å². The number of benzene rings is 1. The fraction of sp³-hybridized carbons (Fsp3) is 0.250. The number of anilines is 1. The molecule has 56 valence electrons. The second-order valence-electron chi connectivity index (χ2n) is 2.66. The van der Waals surface area contributed by atoms with Gasteiger partial charge in [0.05, 0.1) is 17.5 Å². The lowest BCUT2D eigenvalue weighted by Crippen LogP contribution is -2.21. The molecule has 0 N–H and O–H groups in total. The summed E-state index contributed by atoms with van der Waals surface area (Å²) in [6, 6.07) is 7.82. The van der Waals surface area contributed by atoms with Crippen molar-refractivity contribution in [2.75, 3.05) is 12.1 Å². The molecular formula is C8H9N2O+. The summed E-state index contributed by atoms with van der Waals surface area (Å²) < 4.78 is 0. The van der Waals surface area contributed by atoms with Crippen molar-refractivity contribution in [2.45, 2.75) is 6.54 Å². The Bertz CT molecular complexity index is 309. The molecule has 0 amide bonds. The van der Waals surface area contributed by atoms with Crippen LogP contribution in [0.1, 0.15) is 5.56 Å². The fourth-order valence-corrected chi connectivity index (χ4v) is 1.33.